The number of carboxylic acid groups (broad SMARTS) is 1. The first kappa shape index (κ1) is 14.1. The number of rotatable bonds is 4. The Bertz CT molecular complexity index is 709. The second kappa shape index (κ2) is 5.34. The Morgan fingerprint density at radius 3 is 2.05 bits per heavy atom. The molecule has 2 aromatic rings. The van der Waals surface area contributed by atoms with Crippen LogP contribution in [0.15, 0.2) is 59.5 Å². The summed E-state index contributed by atoms with van der Waals surface area (Å²) in [6.45, 7) is 0. The van der Waals surface area contributed by atoms with Crippen LogP contribution in [0.1, 0.15) is 10.4 Å². The van der Waals surface area contributed by atoms with Gasteiger partial charge in [-0.05, 0) is 29.8 Å². The molecule has 0 aliphatic rings. The fourth-order valence-corrected chi connectivity index (χ4v) is 2.89. The highest BCUT2D eigenvalue weighted by Crippen LogP contribution is 2.21. The molecular weight excluding hydrogens is 278 g/mol. The van der Waals surface area contributed by atoms with Crippen LogP contribution in [0.5, 0.6) is 0 Å². The van der Waals surface area contributed by atoms with Crippen LogP contribution in [0.25, 0.3) is 0 Å². The SMILES string of the molecule is CN(c1ccccc1)S(=O)(=O)c1ccc(C(=O)[O-])cc1. The number of carbonyl (C=O) groups is 1. The van der Waals surface area contributed by atoms with E-state index in [0.29, 0.717) is 5.69 Å². The summed E-state index contributed by atoms with van der Waals surface area (Å²) in [6.07, 6.45) is 0. The lowest BCUT2D eigenvalue weighted by Gasteiger charge is -2.19. The molecule has 0 aromatic heterocycles. The molecule has 2 rings (SSSR count). The maximum absolute atomic E-state index is 12.4. The van der Waals surface area contributed by atoms with Crippen molar-refractivity contribution in [3.63, 3.8) is 0 Å². The van der Waals surface area contributed by atoms with Crippen LogP contribution in [-0.2, 0) is 10.0 Å². The van der Waals surface area contributed by atoms with Crippen LogP contribution in [-0.4, -0.2) is 21.4 Å². The normalized spacial score (nSPS) is 11.1. The molecule has 0 aliphatic carbocycles. The molecule has 0 unspecified atom stereocenters. The van der Waals surface area contributed by atoms with Crippen LogP contribution < -0.4 is 9.41 Å². The molecule has 0 fully saturated rings. The minimum Gasteiger partial charge on any atom is -0.545 e. The third-order valence-electron chi connectivity index (χ3n) is 2.87. The summed E-state index contributed by atoms with van der Waals surface area (Å²) in [5.74, 6) is -1.34. The van der Waals surface area contributed by atoms with Crippen molar-refractivity contribution >= 4 is 21.7 Å². The predicted molar refractivity (Wildman–Crippen MR) is 72.8 cm³/mol. The maximum atomic E-state index is 12.4. The van der Waals surface area contributed by atoms with Gasteiger partial charge in [0.25, 0.3) is 10.0 Å². The number of para-hydroxylation sites is 1. The van der Waals surface area contributed by atoms with Crippen LogP contribution in [0.4, 0.5) is 5.69 Å². The van der Waals surface area contributed by atoms with E-state index in [4.69, 9.17) is 0 Å². The van der Waals surface area contributed by atoms with Gasteiger partial charge in [-0.25, -0.2) is 8.42 Å². The zero-order valence-corrected chi connectivity index (χ0v) is 11.5. The van der Waals surface area contributed by atoms with E-state index in [0.717, 1.165) is 4.31 Å². The van der Waals surface area contributed by atoms with E-state index in [1.807, 2.05) is 0 Å². The van der Waals surface area contributed by atoms with Gasteiger partial charge in [0.05, 0.1) is 16.6 Å². The number of nitrogens with zero attached hydrogens (tertiary/aromatic N) is 1. The Balaban J connectivity index is 2.37. The highest BCUT2D eigenvalue weighted by atomic mass is 32.2. The van der Waals surface area contributed by atoms with Crippen LogP contribution in [0, 0.1) is 0 Å². The van der Waals surface area contributed by atoms with Crippen molar-refractivity contribution in [1.29, 1.82) is 0 Å². The molecule has 0 saturated carbocycles. The molecule has 0 heterocycles. The van der Waals surface area contributed by atoms with Crippen LogP contribution in [0.3, 0.4) is 0 Å². The highest BCUT2D eigenvalue weighted by molar-refractivity contribution is 7.92. The molecule has 0 saturated heterocycles. The quantitative estimate of drug-likeness (QED) is 0.837. The van der Waals surface area contributed by atoms with Crippen molar-refractivity contribution in [2.75, 3.05) is 11.4 Å². The number of aromatic carboxylic acids is 1. The van der Waals surface area contributed by atoms with Crippen molar-refractivity contribution in [2.45, 2.75) is 4.90 Å². The molecule has 0 atom stereocenters. The number of hydrogen-bond acceptors (Lipinski definition) is 4. The Morgan fingerprint density at radius 1 is 1.00 bits per heavy atom. The molecular formula is C14H12NO4S-. The molecule has 0 N–H and O–H groups in total. The van der Waals surface area contributed by atoms with Gasteiger partial charge in [-0.2, -0.15) is 0 Å². The molecule has 6 heteroatoms. The van der Waals surface area contributed by atoms with Gasteiger partial charge in [-0.1, -0.05) is 30.3 Å². The average molecular weight is 290 g/mol. The highest BCUT2D eigenvalue weighted by Gasteiger charge is 2.20. The zero-order valence-electron chi connectivity index (χ0n) is 10.7. The average Bonchev–Trinajstić information content (AvgIpc) is 2.47. The van der Waals surface area contributed by atoms with Crippen molar-refractivity contribution < 1.29 is 18.3 Å². The van der Waals surface area contributed by atoms with Gasteiger partial charge in [-0.15, -0.1) is 0 Å². The summed E-state index contributed by atoms with van der Waals surface area (Å²) in [4.78, 5) is 10.7. The summed E-state index contributed by atoms with van der Waals surface area (Å²) in [7, 11) is -2.27. The lowest BCUT2D eigenvalue weighted by atomic mass is 10.2. The summed E-state index contributed by atoms with van der Waals surface area (Å²) < 4.78 is 25.9. The summed E-state index contributed by atoms with van der Waals surface area (Å²) in [6, 6.07) is 13.5. The smallest absolute Gasteiger partial charge is 0.264 e. The number of hydrogen-bond donors (Lipinski definition) is 0. The third kappa shape index (κ3) is 2.65. The molecule has 104 valence electrons. The molecule has 20 heavy (non-hydrogen) atoms. The standard InChI is InChI=1S/C14H13NO4S/c1-15(12-5-3-2-4-6-12)20(18,19)13-9-7-11(8-10-13)14(16)17/h2-10H,1H3,(H,16,17)/p-1. The minimum absolute atomic E-state index is 0.0221. The maximum Gasteiger partial charge on any atom is 0.264 e. The lowest BCUT2D eigenvalue weighted by molar-refractivity contribution is -0.255. The van der Waals surface area contributed by atoms with Crippen molar-refractivity contribution in [3.05, 3.63) is 60.2 Å². The van der Waals surface area contributed by atoms with Crippen molar-refractivity contribution in [2.24, 2.45) is 0 Å². The van der Waals surface area contributed by atoms with E-state index in [2.05, 4.69) is 0 Å². The Morgan fingerprint density at radius 2 is 1.55 bits per heavy atom. The van der Waals surface area contributed by atoms with Crippen molar-refractivity contribution in [1.82, 2.24) is 0 Å². The van der Waals surface area contributed by atoms with Gasteiger partial charge in [0.2, 0.25) is 0 Å². The zero-order chi connectivity index (χ0) is 14.8. The topological polar surface area (TPSA) is 77.5 Å². The van der Waals surface area contributed by atoms with E-state index >= 15 is 0 Å². The van der Waals surface area contributed by atoms with E-state index in [9.17, 15) is 18.3 Å². The second-order valence-electron chi connectivity index (χ2n) is 4.12. The van der Waals surface area contributed by atoms with E-state index in [1.54, 1.807) is 30.3 Å². The van der Waals surface area contributed by atoms with Gasteiger partial charge in [-0.3, -0.25) is 4.31 Å². The van der Waals surface area contributed by atoms with Gasteiger partial charge in [0.1, 0.15) is 0 Å². The largest absolute Gasteiger partial charge is 0.545 e. The fraction of sp³-hybridized carbons (Fsp3) is 0.0714. The number of benzene rings is 2. The van der Waals surface area contributed by atoms with Crippen LogP contribution >= 0.6 is 0 Å². The monoisotopic (exact) mass is 290 g/mol. The molecule has 0 bridgehead atoms. The fourth-order valence-electron chi connectivity index (χ4n) is 1.70. The van der Waals surface area contributed by atoms with E-state index < -0.39 is 16.0 Å². The molecule has 2 aromatic carbocycles. The molecule has 5 nitrogen and oxygen atoms in total. The van der Waals surface area contributed by atoms with Crippen LogP contribution in [0.2, 0.25) is 0 Å². The number of sulfonamides is 1. The number of carbonyl (C=O) groups excluding carboxylic acids is 1. The lowest BCUT2D eigenvalue weighted by Crippen LogP contribution is -2.27. The Hall–Kier alpha value is -2.34. The Labute approximate surface area is 117 Å². The number of carboxylic acids is 1. The molecule has 0 radical (unpaired) electrons. The van der Waals surface area contributed by atoms with E-state index in [-0.39, 0.29) is 10.5 Å². The predicted octanol–water partition coefficient (Wildman–Crippen LogP) is 0.875. The number of anilines is 1. The summed E-state index contributed by atoms with van der Waals surface area (Å²) in [5.41, 5.74) is 0.461. The van der Waals surface area contributed by atoms with Crippen molar-refractivity contribution in [3.8, 4) is 0 Å². The first-order chi connectivity index (χ1) is 9.43. The summed E-state index contributed by atoms with van der Waals surface area (Å²) >= 11 is 0. The second-order valence-corrected chi connectivity index (χ2v) is 6.09. The van der Waals surface area contributed by atoms with Gasteiger partial charge in [0, 0.05) is 7.05 Å². The minimum atomic E-state index is -3.71. The first-order valence-corrected chi connectivity index (χ1v) is 7.22. The van der Waals surface area contributed by atoms with E-state index in [1.165, 1.54) is 31.3 Å². The first-order valence-electron chi connectivity index (χ1n) is 5.78. The Kier molecular flexibility index (Phi) is 3.76. The molecule has 0 amide bonds. The molecule has 0 spiro atoms. The third-order valence-corrected chi connectivity index (χ3v) is 4.67. The molecule has 0 aliphatic heterocycles. The summed E-state index contributed by atoms with van der Waals surface area (Å²) in [5, 5.41) is 10.6. The van der Waals surface area contributed by atoms with Gasteiger partial charge in [0.15, 0.2) is 0 Å². The van der Waals surface area contributed by atoms with Gasteiger partial charge >= 0.3 is 0 Å². The van der Waals surface area contributed by atoms with Gasteiger partial charge < -0.3 is 9.90 Å².